The lowest BCUT2D eigenvalue weighted by Gasteiger charge is -2.23. The molecular weight excluding hydrogens is 1320 g/mol. The summed E-state index contributed by atoms with van der Waals surface area (Å²) in [5.74, 6) is -3.43. The van der Waals surface area contributed by atoms with Gasteiger partial charge in [0.2, 0.25) is 29.5 Å². The summed E-state index contributed by atoms with van der Waals surface area (Å²) in [6.45, 7) is 3.27. The summed E-state index contributed by atoms with van der Waals surface area (Å²) in [4.78, 5) is 80.8. The molecule has 5 N–H and O–H groups in total. The SMILES string of the molecule is CCCCNC(=O)c1ccc2c(c1)N(Cc1cccc(Cl)c1)C(=O)c1ccccc1S2(=O)=O.NCCNC(=O)c1ccc2c(c1)N(Cc1cccc(Cl)c1)C(=O)c1ccccc1S2(=O)=O.O=C(O)c1ccc2c(c1)N(Cc1cccc(Cl)c1)C(=O)c1ccccc1S2(=O)=O. The number of hydrogen-bond donors (Lipinski definition) is 4. The fourth-order valence-corrected chi connectivity index (χ4v) is 16.3. The van der Waals surface area contributed by atoms with Gasteiger partial charge in [0.1, 0.15) is 0 Å². The molecule has 0 aromatic heterocycles. The molecule has 0 atom stereocenters. The van der Waals surface area contributed by atoms with E-state index in [4.69, 9.17) is 40.5 Å². The second kappa shape index (κ2) is 28.4. The van der Waals surface area contributed by atoms with Crippen LogP contribution in [-0.4, -0.2) is 85.5 Å². The lowest BCUT2D eigenvalue weighted by molar-refractivity contribution is 0.0695. The Balaban J connectivity index is 0.000000154. The molecular formula is C69H57Cl3N6O13S3. The molecule has 0 unspecified atom stereocenters. The summed E-state index contributed by atoms with van der Waals surface area (Å²) >= 11 is 18.3. The van der Waals surface area contributed by atoms with Crippen molar-refractivity contribution < 1.29 is 59.1 Å². The first-order valence-corrected chi connectivity index (χ1v) is 34.7. The number of fused-ring (bicyclic) bond motifs is 6. The zero-order chi connectivity index (χ0) is 67.2. The summed E-state index contributed by atoms with van der Waals surface area (Å²) in [5, 5.41) is 16.3. The molecule has 0 saturated carbocycles. The quantitative estimate of drug-likeness (QED) is 0.0737. The lowest BCUT2D eigenvalue weighted by Crippen LogP contribution is -2.31. The van der Waals surface area contributed by atoms with Crippen LogP contribution < -0.4 is 31.1 Å². The number of carbonyl (C=O) groups is 6. The highest BCUT2D eigenvalue weighted by Crippen LogP contribution is 2.42. The fourth-order valence-electron chi connectivity index (χ4n) is 10.7. The Hall–Kier alpha value is -9.52. The molecule has 0 saturated heterocycles. The molecule has 0 radical (unpaired) electrons. The molecule has 3 aliphatic heterocycles. The number of unbranched alkanes of at least 4 members (excludes halogenated alkanes) is 1. The van der Waals surface area contributed by atoms with Crippen molar-refractivity contribution in [3.05, 3.63) is 265 Å². The zero-order valence-corrected chi connectivity index (χ0v) is 54.6. The van der Waals surface area contributed by atoms with Gasteiger partial charge in [-0.25, -0.2) is 30.0 Å². The third-order valence-electron chi connectivity index (χ3n) is 15.3. The summed E-state index contributed by atoms with van der Waals surface area (Å²) in [6.07, 6.45) is 1.77. The Labute approximate surface area is 557 Å². The van der Waals surface area contributed by atoms with Gasteiger partial charge in [-0.15, -0.1) is 0 Å². The summed E-state index contributed by atoms with van der Waals surface area (Å²) in [6, 6.07) is 51.3. The van der Waals surface area contributed by atoms with E-state index in [1.54, 1.807) is 103 Å². The normalized spacial score (nSPS) is 14.4. The number of amides is 5. The molecule has 19 nitrogen and oxygen atoms in total. The number of carbonyl (C=O) groups excluding carboxylic acids is 5. The van der Waals surface area contributed by atoms with Gasteiger partial charge in [-0.2, -0.15) is 0 Å². The number of carboxylic acids is 1. The minimum absolute atomic E-state index is 0.0195. The van der Waals surface area contributed by atoms with Crippen LogP contribution in [0, 0.1) is 0 Å². The molecule has 5 amide bonds. The molecule has 25 heteroatoms. The van der Waals surface area contributed by atoms with Crippen molar-refractivity contribution in [2.24, 2.45) is 5.73 Å². The van der Waals surface area contributed by atoms with Gasteiger partial charge in [0.25, 0.3) is 29.5 Å². The Bertz CT molecular complexity index is 4900. The summed E-state index contributed by atoms with van der Waals surface area (Å²) in [7, 11) is -12.0. The second-order valence-corrected chi connectivity index (χ2v) is 28.5. The molecule has 0 fully saturated rings. The topological polar surface area (TPSA) is 285 Å². The maximum Gasteiger partial charge on any atom is 0.335 e. The Morgan fingerprint density at radius 1 is 0.415 bits per heavy atom. The smallest absolute Gasteiger partial charge is 0.335 e. The molecule has 0 aliphatic carbocycles. The standard InChI is InChI=1S/C25H23ClN2O4S.C23H20ClN3O4S.C21H14ClNO5S/c1-2-3-13-27-24(29)18-11-12-23-21(15-18)28(16-17-7-6-8-19(26)14-17)25(30)20-9-4-5-10-22(20)33(23,31)32;24-17-5-3-4-15(12-17)14-27-19-13-16(22(28)26-11-10-25)8-9-21(19)32(30,31)20-7-2-1-6-18(20)23(27)29;22-15-5-3-4-13(10-15)12-23-17-11-14(21(25)26)8-9-19(17)29(27,28)18-7-2-1-6-16(18)20(23)24/h4-12,14-15H,2-3,13,16H2,1H3,(H,27,29);1-9,12-13H,10-11,14,25H2,(H,26,28);1-11H,12H2,(H,25,26). The predicted octanol–water partition coefficient (Wildman–Crippen LogP) is 11.9. The van der Waals surface area contributed by atoms with Crippen LogP contribution >= 0.6 is 34.8 Å². The average Bonchev–Trinajstić information content (AvgIpc) is 1.60. The Morgan fingerprint density at radius 3 is 1.05 bits per heavy atom. The fraction of sp³-hybridized carbons (Fsp3) is 0.130. The van der Waals surface area contributed by atoms with Crippen LogP contribution in [0.2, 0.25) is 15.1 Å². The van der Waals surface area contributed by atoms with E-state index in [2.05, 4.69) is 10.6 Å². The van der Waals surface area contributed by atoms with E-state index in [9.17, 15) is 59.1 Å². The van der Waals surface area contributed by atoms with Crippen LogP contribution in [0.25, 0.3) is 0 Å². The zero-order valence-electron chi connectivity index (χ0n) is 49.8. The molecule has 9 aromatic rings. The highest BCUT2D eigenvalue weighted by molar-refractivity contribution is 7.92. The molecule has 9 aromatic carbocycles. The molecule has 3 aliphatic rings. The van der Waals surface area contributed by atoms with E-state index < -0.39 is 59.1 Å². The van der Waals surface area contributed by atoms with E-state index in [-0.39, 0.29) is 118 Å². The molecule has 3 heterocycles. The van der Waals surface area contributed by atoms with E-state index >= 15 is 0 Å². The van der Waals surface area contributed by atoms with Gasteiger partial charge in [-0.1, -0.05) is 121 Å². The van der Waals surface area contributed by atoms with Gasteiger partial charge in [0, 0.05) is 45.8 Å². The first-order valence-electron chi connectivity index (χ1n) is 29.1. The highest BCUT2D eigenvalue weighted by Gasteiger charge is 2.39. The molecule has 0 bridgehead atoms. The minimum atomic E-state index is -4.03. The van der Waals surface area contributed by atoms with E-state index in [1.165, 1.54) is 106 Å². The van der Waals surface area contributed by atoms with Crippen molar-refractivity contribution in [3.63, 3.8) is 0 Å². The van der Waals surface area contributed by atoms with E-state index in [0.717, 1.165) is 18.4 Å². The average molecular weight is 1380 g/mol. The van der Waals surface area contributed by atoms with Crippen LogP contribution in [0.5, 0.6) is 0 Å². The van der Waals surface area contributed by atoms with Crippen LogP contribution in [0.1, 0.15) is 98.6 Å². The van der Waals surface area contributed by atoms with E-state index in [0.29, 0.717) is 32.7 Å². The van der Waals surface area contributed by atoms with Crippen molar-refractivity contribution in [1.82, 2.24) is 10.6 Å². The third kappa shape index (κ3) is 14.0. The number of hydrogen-bond acceptors (Lipinski definition) is 13. The number of benzene rings is 9. The number of sulfone groups is 3. The number of carboxylic acid groups (broad SMARTS) is 1. The van der Waals surface area contributed by atoms with Gasteiger partial charge in [0.05, 0.1) is 88.3 Å². The number of rotatable bonds is 14. The van der Waals surface area contributed by atoms with E-state index in [1.807, 2.05) is 13.0 Å². The number of halogens is 3. The van der Waals surface area contributed by atoms with Gasteiger partial charge >= 0.3 is 5.97 Å². The van der Waals surface area contributed by atoms with Crippen molar-refractivity contribution in [2.75, 3.05) is 34.3 Å². The number of nitrogens with two attached hydrogens (primary N) is 1. The highest BCUT2D eigenvalue weighted by atomic mass is 35.5. The van der Waals surface area contributed by atoms with Crippen LogP contribution in [0.4, 0.5) is 17.1 Å². The first-order chi connectivity index (χ1) is 44.9. The Kier molecular flexibility index (Phi) is 20.3. The van der Waals surface area contributed by atoms with Gasteiger partial charge in [0.15, 0.2) is 0 Å². The Morgan fingerprint density at radius 2 is 0.734 bits per heavy atom. The summed E-state index contributed by atoms with van der Waals surface area (Å²) in [5.41, 5.74) is 8.47. The summed E-state index contributed by atoms with van der Waals surface area (Å²) < 4.78 is 80.4. The number of anilines is 3. The van der Waals surface area contributed by atoms with Crippen LogP contribution in [0.3, 0.4) is 0 Å². The van der Waals surface area contributed by atoms with Gasteiger partial charge < -0.3 is 36.2 Å². The van der Waals surface area contributed by atoms with Crippen LogP contribution in [-0.2, 0) is 49.1 Å². The number of nitrogens with one attached hydrogen (secondary N) is 2. The molecule has 480 valence electrons. The lowest BCUT2D eigenvalue weighted by atomic mass is 10.1. The van der Waals surface area contributed by atoms with Crippen molar-refractivity contribution in [2.45, 2.75) is 68.8 Å². The van der Waals surface area contributed by atoms with Crippen molar-refractivity contribution in [3.8, 4) is 0 Å². The molecule has 94 heavy (non-hydrogen) atoms. The number of aromatic carboxylic acids is 1. The molecule has 12 rings (SSSR count). The molecule has 0 spiro atoms. The third-order valence-corrected chi connectivity index (χ3v) is 21.6. The largest absolute Gasteiger partial charge is 0.478 e. The van der Waals surface area contributed by atoms with Crippen molar-refractivity contribution >= 4 is 117 Å². The maximum absolute atomic E-state index is 13.6. The van der Waals surface area contributed by atoms with Crippen LogP contribution in [0.15, 0.2) is 230 Å². The monoisotopic (exact) mass is 1380 g/mol. The van der Waals surface area contributed by atoms with Gasteiger partial charge in [-0.3, -0.25) is 24.0 Å². The maximum atomic E-state index is 13.6. The van der Waals surface area contributed by atoms with Gasteiger partial charge in [-0.05, 0) is 151 Å². The predicted molar refractivity (Wildman–Crippen MR) is 356 cm³/mol. The number of nitrogens with zero attached hydrogens (tertiary/aromatic N) is 3. The first kappa shape index (κ1) is 67.4. The minimum Gasteiger partial charge on any atom is -0.478 e. The van der Waals surface area contributed by atoms with Crippen molar-refractivity contribution in [1.29, 1.82) is 0 Å². The second-order valence-electron chi connectivity index (χ2n) is 21.6.